The third kappa shape index (κ3) is 2.21. The molecule has 0 amide bonds. The Balaban J connectivity index is 3.08. The number of halogens is 4. The Morgan fingerprint density at radius 3 is 2.67 bits per heavy atom. The predicted molar refractivity (Wildman–Crippen MR) is 56.6 cm³/mol. The SMILES string of the molecule is Fc1c(CCBr)ccc(Br)c1Cl. The van der Waals surface area contributed by atoms with Crippen LogP contribution in [-0.4, -0.2) is 5.33 Å². The molecule has 0 aliphatic rings. The molecule has 0 saturated carbocycles. The van der Waals surface area contributed by atoms with Gasteiger partial charge >= 0.3 is 0 Å². The first kappa shape index (κ1) is 10.5. The average molecular weight is 316 g/mol. The minimum absolute atomic E-state index is 0.161. The third-order valence-electron chi connectivity index (χ3n) is 1.48. The summed E-state index contributed by atoms with van der Waals surface area (Å²) in [6.45, 7) is 0. The van der Waals surface area contributed by atoms with Gasteiger partial charge in [-0.1, -0.05) is 33.6 Å². The zero-order chi connectivity index (χ0) is 9.14. The van der Waals surface area contributed by atoms with Gasteiger partial charge < -0.3 is 0 Å². The van der Waals surface area contributed by atoms with Crippen LogP contribution in [0, 0.1) is 5.82 Å². The molecule has 0 aliphatic heterocycles. The van der Waals surface area contributed by atoms with Crippen LogP contribution in [0.5, 0.6) is 0 Å². The molecule has 12 heavy (non-hydrogen) atoms. The van der Waals surface area contributed by atoms with E-state index < -0.39 is 0 Å². The summed E-state index contributed by atoms with van der Waals surface area (Å²) >= 11 is 12.1. The summed E-state index contributed by atoms with van der Waals surface area (Å²) in [7, 11) is 0. The van der Waals surface area contributed by atoms with Gasteiger partial charge in [0.2, 0.25) is 0 Å². The quantitative estimate of drug-likeness (QED) is 0.567. The summed E-state index contributed by atoms with van der Waals surface area (Å²) in [5.74, 6) is -0.328. The Morgan fingerprint density at radius 2 is 2.08 bits per heavy atom. The lowest BCUT2D eigenvalue weighted by atomic mass is 10.2. The van der Waals surface area contributed by atoms with Crippen molar-refractivity contribution in [1.82, 2.24) is 0 Å². The van der Waals surface area contributed by atoms with E-state index in [9.17, 15) is 4.39 Å². The van der Waals surface area contributed by atoms with Gasteiger partial charge in [0.15, 0.2) is 0 Å². The molecule has 0 aliphatic carbocycles. The predicted octanol–water partition coefficient (Wildman–Crippen LogP) is 4.18. The first-order chi connectivity index (χ1) is 5.66. The van der Waals surface area contributed by atoms with Crippen molar-refractivity contribution in [2.45, 2.75) is 6.42 Å². The van der Waals surface area contributed by atoms with Crippen LogP contribution in [0.1, 0.15) is 5.56 Å². The van der Waals surface area contributed by atoms with Crippen LogP contribution in [0.3, 0.4) is 0 Å². The molecule has 4 heteroatoms. The highest BCUT2D eigenvalue weighted by atomic mass is 79.9. The van der Waals surface area contributed by atoms with Crippen molar-refractivity contribution in [2.24, 2.45) is 0 Å². The zero-order valence-corrected chi connectivity index (χ0v) is 10.0. The van der Waals surface area contributed by atoms with Crippen molar-refractivity contribution >= 4 is 43.5 Å². The van der Waals surface area contributed by atoms with Crippen LogP contribution in [0.2, 0.25) is 5.02 Å². The number of rotatable bonds is 2. The second-order valence-electron chi connectivity index (χ2n) is 2.27. The van der Waals surface area contributed by atoms with Crippen molar-refractivity contribution in [1.29, 1.82) is 0 Å². The van der Waals surface area contributed by atoms with Gasteiger partial charge in [0.05, 0.1) is 5.02 Å². The van der Waals surface area contributed by atoms with Gasteiger partial charge in [0, 0.05) is 9.80 Å². The van der Waals surface area contributed by atoms with E-state index in [-0.39, 0.29) is 10.8 Å². The fraction of sp³-hybridized carbons (Fsp3) is 0.250. The van der Waals surface area contributed by atoms with Gasteiger partial charge in [0.1, 0.15) is 5.82 Å². The minimum atomic E-state index is -0.328. The minimum Gasteiger partial charge on any atom is -0.205 e. The standard InChI is InChI=1S/C8H6Br2ClF/c9-4-3-5-1-2-6(10)7(11)8(5)12/h1-2H,3-4H2. The molecule has 0 heterocycles. The summed E-state index contributed by atoms with van der Waals surface area (Å²) in [5.41, 5.74) is 0.639. The van der Waals surface area contributed by atoms with Crippen molar-refractivity contribution < 1.29 is 4.39 Å². The lowest BCUT2D eigenvalue weighted by Crippen LogP contribution is -1.92. The largest absolute Gasteiger partial charge is 0.205 e. The maximum atomic E-state index is 13.3. The lowest BCUT2D eigenvalue weighted by Gasteiger charge is -2.03. The first-order valence-electron chi connectivity index (χ1n) is 3.35. The molecule has 0 saturated heterocycles. The van der Waals surface area contributed by atoms with Gasteiger partial charge in [-0.05, 0) is 34.0 Å². The topological polar surface area (TPSA) is 0 Å². The van der Waals surface area contributed by atoms with E-state index in [1.54, 1.807) is 12.1 Å². The molecule has 0 aromatic heterocycles. The molecule has 1 rings (SSSR count). The maximum Gasteiger partial charge on any atom is 0.146 e. The molecular formula is C8H6Br2ClF. The van der Waals surface area contributed by atoms with Gasteiger partial charge in [-0.2, -0.15) is 0 Å². The van der Waals surface area contributed by atoms with Crippen LogP contribution in [-0.2, 0) is 6.42 Å². The third-order valence-corrected chi connectivity index (χ3v) is 3.13. The number of hydrogen-bond acceptors (Lipinski definition) is 0. The van der Waals surface area contributed by atoms with E-state index in [4.69, 9.17) is 11.6 Å². The Labute approximate surface area is 92.4 Å². The Morgan fingerprint density at radius 1 is 1.42 bits per heavy atom. The Kier molecular flexibility index (Phi) is 4.00. The van der Waals surface area contributed by atoms with E-state index in [1.165, 1.54) is 0 Å². The van der Waals surface area contributed by atoms with Gasteiger partial charge in [-0.15, -0.1) is 0 Å². The van der Waals surface area contributed by atoms with E-state index in [0.717, 1.165) is 5.33 Å². The van der Waals surface area contributed by atoms with Crippen LogP contribution in [0.25, 0.3) is 0 Å². The second-order valence-corrected chi connectivity index (χ2v) is 4.30. The first-order valence-corrected chi connectivity index (χ1v) is 5.64. The van der Waals surface area contributed by atoms with Crippen LogP contribution in [0.4, 0.5) is 4.39 Å². The second kappa shape index (κ2) is 4.58. The van der Waals surface area contributed by atoms with Gasteiger partial charge in [-0.3, -0.25) is 0 Å². The summed E-state index contributed by atoms with van der Waals surface area (Å²) in [4.78, 5) is 0. The van der Waals surface area contributed by atoms with E-state index in [1.807, 2.05) is 0 Å². The van der Waals surface area contributed by atoms with Gasteiger partial charge in [-0.25, -0.2) is 4.39 Å². The molecular weight excluding hydrogens is 310 g/mol. The molecule has 0 fully saturated rings. The van der Waals surface area contributed by atoms with Crippen molar-refractivity contribution in [3.63, 3.8) is 0 Å². The van der Waals surface area contributed by atoms with Crippen molar-refractivity contribution in [3.05, 3.63) is 33.0 Å². The van der Waals surface area contributed by atoms with Crippen LogP contribution in [0.15, 0.2) is 16.6 Å². The molecule has 0 radical (unpaired) electrons. The number of hydrogen-bond donors (Lipinski definition) is 0. The van der Waals surface area contributed by atoms with E-state index in [0.29, 0.717) is 16.5 Å². The molecule has 1 aromatic carbocycles. The van der Waals surface area contributed by atoms with Gasteiger partial charge in [0.25, 0.3) is 0 Å². The average Bonchev–Trinajstić information content (AvgIpc) is 2.07. The highest BCUT2D eigenvalue weighted by Gasteiger charge is 2.08. The normalized spacial score (nSPS) is 10.3. The molecule has 0 spiro atoms. The van der Waals surface area contributed by atoms with E-state index >= 15 is 0 Å². The van der Waals surface area contributed by atoms with Crippen LogP contribution >= 0.6 is 43.5 Å². The maximum absolute atomic E-state index is 13.3. The van der Waals surface area contributed by atoms with Crippen LogP contribution < -0.4 is 0 Å². The fourth-order valence-electron chi connectivity index (χ4n) is 0.861. The summed E-state index contributed by atoms with van der Waals surface area (Å²) in [5, 5.41) is 0.899. The Hall–Kier alpha value is 0.400. The summed E-state index contributed by atoms with van der Waals surface area (Å²) in [6.07, 6.45) is 0.652. The zero-order valence-electron chi connectivity index (χ0n) is 6.08. The highest BCUT2D eigenvalue weighted by Crippen LogP contribution is 2.27. The number of benzene rings is 1. The number of alkyl halides is 1. The summed E-state index contributed by atoms with van der Waals surface area (Å²) < 4.78 is 13.9. The number of aryl methyl sites for hydroxylation is 1. The molecule has 66 valence electrons. The molecule has 0 nitrogen and oxygen atoms in total. The molecule has 1 aromatic rings. The fourth-order valence-corrected chi connectivity index (χ4v) is 1.78. The van der Waals surface area contributed by atoms with Crippen molar-refractivity contribution in [2.75, 3.05) is 5.33 Å². The highest BCUT2D eigenvalue weighted by molar-refractivity contribution is 9.10. The Bertz CT molecular complexity index is 289. The van der Waals surface area contributed by atoms with Crippen molar-refractivity contribution in [3.8, 4) is 0 Å². The summed E-state index contributed by atoms with van der Waals surface area (Å²) in [6, 6.07) is 3.48. The molecule has 0 unspecified atom stereocenters. The molecule has 0 bridgehead atoms. The smallest absolute Gasteiger partial charge is 0.146 e. The van der Waals surface area contributed by atoms with E-state index in [2.05, 4.69) is 31.9 Å². The lowest BCUT2D eigenvalue weighted by molar-refractivity contribution is 0.612. The molecule has 0 atom stereocenters. The molecule has 0 N–H and O–H groups in total. The monoisotopic (exact) mass is 314 g/mol.